The number of hydrogen-bond acceptors (Lipinski definition) is 1. The monoisotopic (exact) mass is 169 g/mol. The summed E-state index contributed by atoms with van der Waals surface area (Å²) in [6.45, 7) is 1.78. The van der Waals surface area contributed by atoms with E-state index in [9.17, 15) is 4.39 Å². The van der Waals surface area contributed by atoms with Crippen molar-refractivity contribution in [1.82, 2.24) is 0 Å². The summed E-state index contributed by atoms with van der Waals surface area (Å²) in [6.07, 6.45) is 0. The normalized spacial score (nSPS) is 9.64. The molecule has 0 radical (unpaired) electrons. The van der Waals surface area contributed by atoms with E-state index < -0.39 is 0 Å². The average Bonchev–Trinajstić information content (AvgIpc) is 1.85. The van der Waals surface area contributed by atoms with Crippen LogP contribution in [0.25, 0.3) is 0 Å². The van der Waals surface area contributed by atoms with Crippen LogP contribution in [0.2, 0.25) is 0 Å². The molecule has 0 heterocycles. The number of thiocarbonyl (C=S) groups is 1. The zero-order valence-corrected chi connectivity index (χ0v) is 6.91. The molecule has 1 aromatic rings. The fourth-order valence-electron chi connectivity index (χ4n) is 0.904. The fourth-order valence-corrected chi connectivity index (χ4v) is 1.13. The van der Waals surface area contributed by atoms with Gasteiger partial charge in [0.2, 0.25) is 0 Å². The van der Waals surface area contributed by atoms with E-state index in [4.69, 9.17) is 18.0 Å². The summed E-state index contributed by atoms with van der Waals surface area (Å²) < 4.78 is 12.5. The molecule has 1 nitrogen and oxygen atoms in total. The van der Waals surface area contributed by atoms with Gasteiger partial charge in [-0.1, -0.05) is 12.2 Å². The molecule has 0 spiro atoms. The van der Waals surface area contributed by atoms with Gasteiger partial charge in [0, 0.05) is 5.56 Å². The van der Waals surface area contributed by atoms with Crippen molar-refractivity contribution in [2.75, 3.05) is 0 Å². The van der Waals surface area contributed by atoms with Crippen LogP contribution in [-0.4, -0.2) is 4.99 Å². The molecule has 0 amide bonds. The first-order valence-electron chi connectivity index (χ1n) is 3.17. The number of halogens is 1. The van der Waals surface area contributed by atoms with Gasteiger partial charge in [-0.15, -0.1) is 0 Å². The standard InChI is InChI=1S/C8H8FNS/c1-5-4-6(9)2-3-7(5)8(10)11/h2-4H,1H3,(H2,10,11). The van der Waals surface area contributed by atoms with Crippen LogP contribution in [0.4, 0.5) is 4.39 Å². The van der Waals surface area contributed by atoms with E-state index >= 15 is 0 Å². The number of nitrogens with two attached hydrogens (primary N) is 1. The summed E-state index contributed by atoms with van der Waals surface area (Å²) in [6, 6.07) is 4.35. The number of benzene rings is 1. The molecule has 0 aromatic heterocycles. The predicted octanol–water partition coefficient (Wildman–Crippen LogP) is 1.77. The summed E-state index contributed by atoms with van der Waals surface area (Å²) in [4.78, 5) is 0.308. The second-order valence-electron chi connectivity index (χ2n) is 2.32. The third kappa shape index (κ3) is 1.74. The van der Waals surface area contributed by atoms with Crippen LogP contribution in [0.1, 0.15) is 11.1 Å². The van der Waals surface area contributed by atoms with Crippen molar-refractivity contribution < 1.29 is 4.39 Å². The molecule has 1 rings (SSSR count). The molecule has 0 aliphatic heterocycles. The molecular formula is C8H8FNS. The highest BCUT2D eigenvalue weighted by Gasteiger charge is 2.00. The van der Waals surface area contributed by atoms with Crippen LogP contribution >= 0.6 is 12.2 Å². The van der Waals surface area contributed by atoms with E-state index in [2.05, 4.69) is 0 Å². The molecule has 0 saturated heterocycles. The smallest absolute Gasteiger partial charge is 0.123 e. The van der Waals surface area contributed by atoms with E-state index in [1.165, 1.54) is 12.1 Å². The van der Waals surface area contributed by atoms with Gasteiger partial charge in [-0.25, -0.2) is 4.39 Å². The first-order chi connectivity index (χ1) is 5.11. The fraction of sp³-hybridized carbons (Fsp3) is 0.125. The van der Waals surface area contributed by atoms with Gasteiger partial charge in [-0.2, -0.15) is 0 Å². The van der Waals surface area contributed by atoms with Crippen molar-refractivity contribution in [3.63, 3.8) is 0 Å². The first-order valence-corrected chi connectivity index (χ1v) is 3.58. The van der Waals surface area contributed by atoms with Crippen molar-refractivity contribution in [2.45, 2.75) is 6.92 Å². The maximum Gasteiger partial charge on any atom is 0.123 e. The third-order valence-corrected chi connectivity index (χ3v) is 1.67. The van der Waals surface area contributed by atoms with E-state index in [0.29, 0.717) is 4.99 Å². The van der Waals surface area contributed by atoms with Crippen molar-refractivity contribution in [1.29, 1.82) is 0 Å². The molecule has 58 valence electrons. The SMILES string of the molecule is Cc1cc(F)ccc1C(N)=S. The highest BCUT2D eigenvalue weighted by atomic mass is 32.1. The van der Waals surface area contributed by atoms with Gasteiger partial charge < -0.3 is 5.73 Å². The molecule has 0 saturated carbocycles. The quantitative estimate of drug-likeness (QED) is 0.648. The molecule has 0 aliphatic carbocycles. The maximum atomic E-state index is 12.5. The van der Waals surface area contributed by atoms with Crippen LogP contribution in [0.5, 0.6) is 0 Å². The molecule has 0 atom stereocenters. The number of rotatable bonds is 1. The molecule has 0 unspecified atom stereocenters. The highest BCUT2D eigenvalue weighted by Crippen LogP contribution is 2.09. The summed E-state index contributed by atoms with van der Waals surface area (Å²) >= 11 is 4.75. The van der Waals surface area contributed by atoms with Crippen molar-refractivity contribution in [3.8, 4) is 0 Å². The average molecular weight is 169 g/mol. The molecule has 0 fully saturated rings. The van der Waals surface area contributed by atoms with Gasteiger partial charge in [-0.05, 0) is 30.7 Å². The molecule has 3 heteroatoms. The number of aryl methyl sites for hydroxylation is 1. The number of hydrogen-bond donors (Lipinski definition) is 1. The van der Waals surface area contributed by atoms with Gasteiger partial charge >= 0.3 is 0 Å². The van der Waals surface area contributed by atoms with Crippen LogP contribution in [0.15, 0.2) is 18.2 Å². The van der Waals surface area contributed by atoms with E-state index in [1.807, 2.05) is 0 Å². The van der Waals surface area contributed by atoms with Gasteiger partial charge in [0.05, 0.1) is 0 Å². The minimum Gasteiger partial charge on any atom is -0.389 e. The van der Waals surface area contributed by atoms with Gasteiger partial charge in [0.25, 0.3) is 0 Å². The second kappa shape index (κ2) is 2.96. The lowest BCUT2D eigenvalue weighted by Gasteiger charge is -2.01. The minimum atomic E-state index is -0.262. The Bertz CT molecular complexity index is 296. The summed E-state index contributed by atoms with van der Waals surface area (Å²) in [7, 11) is 0. The summed E-state index contributed by atoms with van der Waals surface area (Å²) in [5.74, 6) is -0.262. The van der Waals surface area contributed by atoms with Crippen LogP contribution < -0.4 is 5.73 Å². The van der Waals surface area contributed by atoms with Gasteiger partial charge in [0.15, 0.2) is 0 Å². The molecular weight excluding hydrogens is 161 g/mol. The molecule has 0 aliphatic rings. The maximum absolute atomic E-state index is 12.5. The Kier molecular flexibility index (Phi) is 2.19. The predicted molar refractivity (Wildman–Crippen MR) is 47.0 cm³/mol. The van der Waals surface area contributed by atoms with E-state index in [0.717, 1.165) is 11.1 Å². The Labute approximate surface area is 70.0 Å². The van der Waals surface area contributed by atoms with Crippen molar-refractivity contribution in [3.05, 3.63) is 35.1 Å². The third-order valence-electron chi connectivity index (χ3n) is 1.45. The largest absolute Gasteiger partial charge is 0.389 e. The van der Waals surface area contributed by atoms with Crippen LogP contribution in [-0.2, 0) is 0 Å². The zero-order chi connectivity index (χ0) is 8.43. The van der Waals surface area contributed by atoms with Crippen LogP contribution in [0.3, 0.4) is 0 Å². The van der Waals surface area contributed by atoms with Crippen molar-refractivity contribution in [2.24, 2.45) is 5.73 Å². The first kappa shape index (κ1) is 8.14. The Hall–Kier alpha value is -0.960. The van der Waals surface area contributed by atoms with Crippen LogP contribution in [0, 0.1) is 12.7 Å². The highest BCUT2D eigenvalue weighted by molar-refractivity contribution is 7.80. The lowest BCUT2D eigenvalue weighted by atomic mass is 10.1. The molecule has 0 bridgehead atoms. The summed E-state index contributed by atoms with van der Waals surface area (Å²) in [5, 5.41) is 0. The molecule has 1 aromatic carbocycles. The zero-order valence-electron chi connectivity index (χ0n) is 6.10. The molecule has 2 N–H and O–H groups in total. The molecule has 11 heavy (non-hydrogen) atoms. The topological polar surface area (TPSA) is 26.0 Å². The minimum absolute atomic E-state index is 0.262. The second-order valence-corrected chi connectivity index (χ2v) is 2.76. The lowest BCUT2D eigenvalue weighted by Crippen LogP contribution is -2.10. The van der Waals surface area contributed by atoms with E-state index in [-0.39, 0.29) is 5.82 Å². The Morgan fingerprint density at radius 2 is 2.18 bits per heavy atom. The van der Waals surface area contributed by atoms with Gasteiger partial charge in [0.1, 0.15) is 10.8 Å². The Balaban J connectivity index is 3.20. The summed E-state index contributed by atoms with van der Waals surface area (Å²) in [5.41, 5.74) is 6.89. The Morgan fingerprint density at radius 1 is 1.55 bits per heavy atom. The Morgan fingerprint density at radius 3 is 2.64 bits per heavy atom. The van der Waals surface area contributed by atoms with Crippen molar-refractivity contribution >= 4 is 17.2 Å². The van der Waals surface area contributed by atoms with Gasteiger partial charge in [-0.3, -0.25) is 0 Å². The van der Waals surface area contributed by atoms with E-state index in [1.54, 1.807) is 13.0 Å². The lowest BCUT2D eigenvalue weighted by molar-refractivity contribution is 0.626.